The molecule has 0 aliphatic carbocycles. The summed E-state index contributed by atoms with van der Waals surface area (Å²) in [6.45, 7) is 10.9. The number of nitrogen functional groups attached to an aromatic ring is 1. The Morgan fingerprint density at radius 1 is 1.35 bits per heavy atom. The zero-order chi connectivity index (χ0) is 13.2. The summed E-state index contributed by atoms with van der Waals surface area (Å²) >= 11 is 2.20. The molecule has 4 nitrogen and oxygen atoms in total. The van der Waals surface area contributed by atoms with Crippen molar-refractivity contribution < 1.29 is 4.74 Å². The smallest absolute Gasteiger partial charge is 0.159 e. The van der Waals surface area contributed by atoms with E-state index in [0.29, 0.717) is 18.2 Å². The van der Waals surface area contributed by atoms with Gasteiger partial charge in [0.25, 0.3) is 0 Å². The lowest BCUT2D eigenvalue weighted by atomic mass is 9.92. The highest BCUT2D eigenvalue weighted by Gasteiger charge is 2.23. The van der Waals surface area contributed by atoms with E-state index in [2.05, 4.69) is 53.3 Å². The van der Waals surface area contributed by atoms with Crippen LogP contribution >= 0.6 is 22.6 Å². The average molecular weight is 349 g/mol. The van der Waals surface area contributed by atoms with Crippen molar-refractivity contribution in [2.24, 2.45) is 0 Å². The van der Waals surface area contributed by atoms with E-state index in [9.17, 15) is 0 Å². The maximum atomic E-state index is 5.94. The molecule has 0 aliphatic rings. The number of anilines is 1. The molecule has 0 saturated carbocycles. The monoisotopic (exact) mass is 349 g/mol. The molecule has 96 valence electrons. The first kappa shape index (κ1) is 14.6. The molecule has 1 rings (SSSR count). The first-order chi connectivity index (χ1) is 7.77. The minimum Gasteiger partial charge on any atom is -0.383 e. The number of nitrogens with zero attached hydrogens (tertiary/aromatic N) is 2. The van der Waals surface area contributed by atoms with E-state index >= 15 is 0 Å². The van der Waals surface area contributed by atoms with Crippen molar-refractivity contribution >= 4 is 28.4 Å². The number of aromatic nitrogens is 2. The maximum Gasteiger partial charge on any atom is 0.159 e. The number of rotatable bonds is 3. The number of ether oxygens (including phenoxy) is 1. The van der Waals surface area contributed by atoms with Gasteiger partial charge in [0.1, 0.15) is 11.9 Å². The summed E-state index contributed by atoms with van der Waals surface area (Å²) in [5, 5.41) is 0. The Kier molecular flexibility index (Phi) is 4.71. The molecule has 1 unspecified atom stereocenters. The van der Waals surface area contributed by atoms with Crippen molar-refractivity contribution in [3.05, 3.63) is 15.1 Å². The van der Waals surface area contributed by atoms with Gasteiger partial charge in [0.2, 0.25) is 0 Å². The minimum atomic E-state index is -0.125. The highest BCUT2D eigenvalue weighted by molar-refractivity contribution is 14.1. The normalized spacial score (nSPS) is 13.8. The summed E-state index contributed by atoms with van der Waals surface area (Å²) in [4.78, 5) is 8.90. The SMILES string of the molecule is CCOC(C)c1nc(N)c(I)c(C(C)(C)C)n1. The fourth-order valence-electron chi connectivity index (χ4n) is 1.49. The lowest BCUT2D eigenvalue weighted by molar-refractivity contribution is 0.0698. The van der Waals surface area contributed by atoms with Gasteiger partial charge < -0.3 is 10.5 Å². The second-order valence-electron chi connectivity index (χ2n) is 4.98. The van der Waals surface area contributed by atoms with Crippen molar-refractivity contribution in [1.82, 2.24) is 9.97 Å². The van der Waals surface area contributed by atoms with Crippen molar-refractivity contribution in [2.75, 3.05) is 12.3 Å². The van der Waals surface area contributed by atoms with Gasteiger partial charge in [0.15, 0.2) is 5.82 Å². The zero-order valence-corrected chi connectivity index (χ0v) is 13.2. The molecule has 1 aromatic rings. The highest BCUT2D eigenvalue weighted by Crippen LogP contribution is 2.29. The van der Waals surface area contributed by atoms with Gasteiger partial charge in [-0.15, -0.1) is 0 Å². The van der Waals surface area contributed by atoms with E-state index < -0.39 is 0 Å². The fourth-order valence-corrected chi connectivity index (χ4v) is 2.54. The predicted octanol–water partition coefficient (Wildman–Crippen LogP) is 3.06. The van der Waals surface area contributed by atoms with Crippen LogP contribution < -0.4 is 5.73 Å². The van der Waals surface area contributed by atoms with Gasteiger partial charge in [0.05, 0.1) is 9.26 Å². The summed E-state index contributed by atoms with van der Waals surface area (Å²) in [6, 6.07) is 0. The number of hydrogen-bond acceptors (Lipinski definition) is 4. The van der Waals surface area contributed by atoms with Crippen LogP contribution in [-0.4, -0.2) is 16.6 Å². The van der Waals surface area contributed by atoms with E-state index in [0.717, 1.165) is 9.26 Å². The third kappa shape index (κ3) is 3.51. The van der Waals surface area contributed by atoms with Crippen LogP contribution in [0.3, 0.4) is 0 Å². The van der Waals surface area contributed by atoms with E-state index in [1.54, 1.807) is 0 Å². The Labute approximate surface area is 117 Å². The zero-order valence-electron chi connectivity index (χ0n) is 11.0. The van der Waals surface area contributed by atoms with Crippen LogP contribution in [0, 0.1) is 3.57 Å². The largest absolute Gasteiger partial charge is 0.383 e. The summed E-state index contributed by atoms with van der Waals surface area (Å²) in [6.07, 6.45) is -0.125. The molecule has 0 aliphatic heterocycles. The van der Waals surface area contributed by atoms with Gasteiger partial charge in [0, 0.05) is 12.0 Å². The topological polar surface area (TPSA) is 61.0 Å². The molecule has 0 spiro atoms. The van der Waals surface area contributed by atoms with Crippen LogP contribution in [0.25, 0.3) is 0 Å². The minimum absolute atomic E-state index is 0.0474. The Morgan fingerprint density at radius 2 is 1.94 bits per heavy atom. The molecule has 0 aromatic carbocycles. The van der Waals surface area contributed by atoms with E-state index in [4.69, 9.17) is 10.5 Å². The van der Waals surface area contributed by atoms with Crippen LogP contribution in [0.4, 0.5) is 5.82 Å². The van der Waals surface area contributed by atoms with Gasteiger partial charge in [-0.25, -0.2) is 9.97 Å². The molecule has 0 saturated heterocycles. The van der Waals surface area contributed by atoms with Gasteiger partial charge in [-0.1, -0.05) is 20.8 Å². The molecule has 0 fully saturated rings. The van der Waals surface area contributed by atoms with Crippen LogP contribution in [0.15, 0.2) is 0 Å². The van der Waals surface area contributed by atoms with Crippen LogP contribution in [0.5, 0.6) is 0 Å². The molecule has 0 bridgehead atoms. The van der Waals surface area contributed by atoms with Gasteiger partial charge in [-0.05, 0) is 36.4 Å². The molecule has 1 atom stereocenters. The Bertz CT molecular complexity index is 401. The summed E-state index contributed by atoms with van der Waals surface area (Å²) in [5.74, 6) is 1.20. The molecule has 1 aromatic heterocycles. The standard InChI is InChI=1S/C12H20IN3O/c1-6-17-7(2)11-15-9(12(3,4)5)8(13)10(14)16-11/h7H,6H2,1-5H3,(H2,14,15,16). The molecule has 2 N–H and O–H groups in total. The first-order valence-corrected chi connectivity index (χ1v) is 6.80. The van der Waals surface area contributed by atoms with E-state index in [-0.39, 0.29) is 11.5 Å². The summed E-state index contributed by atoms with van der Waals surface area (Å²) in [5.41, 5.74) is 6.87. The molecular weight excluding hydrogens is 329 g/mol. The average Bonchev–Trinajstić information content (AvgIpc) is 2.20. The van der Waals surface area contributed by atoms with Crippen LogP contribution in [0.2, 0.25) is 0 Å². The maximum absolute atomic E-state index is 5.94. The van der Waals surface area contributed by atoms with Gasteiger partial charge in [-0.3, -0.25) is 0 Å². The van der Waals surface area contributed by atoms with Crippen LogP contribution in [-0.2, 0) is 10.2 Å². The number of nitrogens with two attached hydrogens (primary N) is 1. The number of halogens is 1. The Hall–Kier alpha value is -0.430. The molecule has 17 heavy (non-hydrogen) atoms. The lowest BCUT2D eigenvalue weighted by Crippen LogP contribution is -2.20. The van der Waals surface area contributed by atoms with Crippen molar-refractivity contribution in [3.8, 4) is 0 Å². The highest BCUT2D eigenvalue weighted by atomic mass is 127. The third-order valence-electron chi connectivity index (χ3n) is 2.38. The van der Waals surface area contributed by atoms with Crippen molar-refractivity contribution in [1.29, 1.82) is 0 Å². The Morgan fingerprint density at radius 3 is 2.41 bits per heavy atom. The fraction of sp³-hybridized carbons (Fsp3) is 0.667. The molecule has 0 amide bonds. The predicted molar refractivity (Wildman–Crippen MR) is 77.9 cm³/mol. The molecule has 1 heterocycles. The second kappa shape index (κ2) is 5.48. The van der Waals surface area contributed by atoms with E-state index in [1.165, 1.54) is 0 Å². The van der Waals surface area contributed by atoms with Crippen molar-refractivity contribution in [2.45, 2.75) is 46.1 Å². The summed E-state index contributed by atoms with van der Waals surface area (Å²) in [7, 11) is 0. The second-order valence-corrected chi connectivity index (χ2v) is 6.06. The quantitative estimate of drug-likeness (QED) is 0.852. The number of hydrogen-bond donors (Lipinski definition) is 1. The molecule has 5 heteroatoms. The first-order valence-electron chi connectivity index (χ1n) is 5.72. The lowest BCUT2D eigenvalue weighted by Gasteiger charge is -2.22. The van der Waals surface area contributed by atoms with Gasteiger partial charge >= 0.3 is 0 Å². The molecular formula is C12H20IN3O. The molecule has 0 radical (unpaired) electrons. The van der Waals surface area contributed by atoms with E-state index in [1.807, 2.05) is 13.8 Å². The van der Waals surface area contributed by atoms with Crippen molar-refractivity contribution in [3.63, 3.8) is 0 Å². The third-order valence-corrected chi connectivity index (χ3v) is 3.45. The van der Waals surface area contributed by atoms with Crippen LogP contribution in [0.1, 0.15) is 52.2 Å². The van der Waals surface area contributed by atoms with Gasteiger partial charge in [-0.2, -0.15) is 0 Å². The summed E-state index contributed by atoms with van der Waals surface area (Å²) < 4.78 is 6.44. The Balaban J connectivity index is 3.24.